The Hall–Kier alpha value is -1.88. The molecule has 1 aromatic carbocycles. The SMILES string of the molecule is O=C1N[C@H](C(=O)OCc2ccccc2)C[C@H]1O. The predicted octanol–water partition coefficient (Wildman–Crippen LogP) is -0.0208. The summed E-state index contributed by atoms with van der Waals surface area (Å²) in [4.78, 5) is 22.6. The molecule has 1 aromatic rings. The summed E-state index contributed by atoms with van der Waals surface area (Å²) in [5.74, 6) is -1.04. The molecule has 2 atom stereocenters. The van der Waals surface area contributed by atoms with Gasteiger partial charge in [-0.15, -0.1) is 0 Å². The number of carbonyl (C=O) groups is 2. The van der Waals surface area contributed by atoms with Crippen molar-refractivity contribution in [1.82, 2.24) is 5.32 Å². The Balaban J connectivity index is 1.84. The maximum Gasteiger partial charge on any atom is 0.329 e. The minimum atomic E-state index is -1.11. The Morgan fingerprint density at radius 3 is 2.71 bits per heavy atom. The van der Waals surface area contributed by atoms with Crippen LogP contribution in [0.2, 0.25) is 0 Å². The smallest absolute Gasteiger partial charge is 0.329 e. The number of nitrogens with one attached hydrogen (secondary N) is 1. The van der Waals surface area contributed by atoms with Gasteiger partial charge in [-0.05, 0) is 5.56 Å². The molecule has 0 aliphatic carbocycles. The summed E-state index contributed by atoms with van der Waals surface area (Å²) in [6.45, 7) is 0.169. The van der Waals surface area contributed by atoms with E-state index in [1.165, 1.54) is 0 Å². The van der Waals surface area contributed by atoms with Gasteiger partial charge in [0.1, 0.15) is 18.8 Å². The first-order valence-corrected chi connectivity index (χ1v) is 5.36. The summed E-state index contributed by atoms with van der Waals surface area (Å²) in [6, 6.07) is 8.53. The average Bonchev–Trinajstić information content (AvgIpc) is 2.68. The zero-order valence-electron chi connectivity index (χ0n) is 9.13. The van der Waals surface area contributed by atoms with E-state index in [2.05, 4.69) is 5.32 Å². The number of aliphatic hydroxyl groups is 1. The Morgan fingerprint density at radius 1 is 1.41 bits per heavy atom. The van der Waals surface area contributed by atoms with E-state index < -0.39 is 24.0 Å². The predicted molar refractivity (Wildman–Crippen MR) is 58.8 cm³/mol. The van der Waals surface area contributed by atoms with Crippen molar-refractivity contribution >= 4 is 11.9 Å². The number of aliphatic hydroxyl groups excluding tert-OH is 1. The van der Waals surface area contributed by atoms with E-state index in [1.54, 1.807) is 0 Å². The van der Waals surface area contributed by atoms with Gasteiger partial charge in [-0.3, -0.25) is 4.79 Å². The van der Waals surface area contributed by atoms with E-state index in [4.69, 9.17) is 4.74 Å². The van der Waals surface area contributed by atoms with Crippen LogP contribution in [0, 0.1) is 0 Å². The molecule has 0 radical (unpaired) electrons. The van der Waals surface area contributed by atoms with Crippen LogP contribution in [-0.4, -0.2) is 29.1 Å². The molecule has 1 saturated heterocycles. The lowest BCUT2D eigenvalue weighted by Gasteiger charge is -2.09. The summed E-state index contributed by atoms with van der Waals surface area (Å²) in [5.41, 5.74) is 0.880. The third kappa shape index (κ3) is 2.82. The molecule has 90 valence electrons. The highest BCUT2D eigenvalue weighted by Crippen LogP contribution is 2.10. The summed E-state index contributed by atoms with van der Waals surface area (Å²) in [7, 11) is 0. The van der Waals surface area contributed by atoms with Gasteiger partial charge >= 0.3 is 5.97 Å². The zero-order chi connectivity index (χ0) is 12.3. The van der Waals surface area contributed by atoms with Gasteiger partial charge < -0.3 is 15.2 Å². The van der Waals surface area contributed by atoms with E-state index in [9.17, 15) is 14.7 Å². The molecule has 2 N–H and O–H groups in total. The van der Waals surface area contributed by atoms with Gasteiger partial charge in [-0.1, -0.05) is 30.3 Å². The van der Waals surface area contributed by atoms with Crippen molar-refractivity contribution < 1.29 is 19.4 Å². The molecule has 0 saturated carbocycles. The number of rotatable bonds is 3. The van der Waals surface area contributed by atoms with Crippen LogP contribution in [0.1, 0.15) is 12.0 Å². The van der Waals surface area contributed by atoms with E-state index in [0.717, 1.165) is 5.56 Å². The Kier molecular flexibility index (Phi) is 3.39. The van der Waals surface area contributed by atoms with Crippen LogP contribution in [-0.2, 0) is 20.9 Å². The van der Waals surface area contributed by atoms with Crippen LogP contribution in [0.5, 0.6) is 0 Å². The average molecular weight is 235 g/mol. The molecule has 5 nitrogen and oxygen atoms in total. The second-order valence-electron chi connectivity index (χ2n) is 3.91. The lowest BCUT2D eigenvalue weighted by molar-refractivity contribution is -0.147. The van der Waals surface area contributed by atoms with Crippen molar-refractivity contribution in [1.29, 1.82) is 0 Å². The maximum atomic E-state index is 11.6. The molecule has 0 unspecified atom stereocenters. The molecule has 0 aromatic heterocycles. The lowest BCUT2D eigenvalue weighted by atomic mass is 10.2. The third-order valence-electron chi connectivity index (χ3n) is 2.59. The summed E-state index contributed by atoms with van der Waals surface area (Å²) in [5, 5.41) is 11.6. The molecular weight excluding hydrogens is 222 g/mol. The molecule has 1 fully saturated rings. The quantitative estimate of drug-likeness (QED) is 0.722. The van der Waals surface area contributed by atoms with E-state index in [-0.39, 0.29) is 13.0 Å². The first-order valence-electron chi connectivity index (χ1n) is 5.36. The highest BCUT2D eigenvalue weighted by molar-refractivity contribution is 5.90. The zero-order valence-corrected chi connectivity index (χ0v) is 9.13. The molecule has 1 heterocycles. The van der Waals surface area contributed by atoms with Crippen LogP contribution < -0.4 is 5.32 Å². The fourth-order valence-electron chi connectivity index (χ4n) is 1.64. The Morgan fingerprint density at radius 2 is 2.12 bits per heavy atom. The highest BCUT2D eigenvalue weighted by atomic mass is 16.5. The minimum absolute atomic E-state index is 0.0758. The second-order valence-corrected chi connectivity index (χ2v) is 3.91. The van der Waals surface area contributed by atoms with Crippen molar-refractivity contribution in [2.45, 2.75) is 25.2 Å². The lowest BCUT2D eigenvalue weighted by Crippen LogP contribution is -2.34. The fraction of sp³-hybridized carbons (Fsp3) is 0.333. The Bertz CT molecular complexity index is 418. The Labute approximate surface area is 98.4 Å². The van der Waals surface area contributed by atoms with Gasteiger partial charge in [0.15, 0.2) is 0 Å². The van der Waals surface area contributed by atoms with Crippen LogP contribution in [0.25, 0.3) is 0 Å². The first kappa shape index (κ1) is 11.6. The standard InChI is InChI=1S/C12H13NO4/c14-10-6-9(13-11(10)15)12(16)17-7-8-4-2-1-3-5-8/h1-5,9-10,14H,6-7H2,(H,13,15)/t9-,10+/m0/s1. The van der Waals surface area contributed by atoms with Crippen LogP contribution in [0.4, 0.5) is 0 Å². The highest BCUT2D eigenvalue weighted by Gasteiger charge is 2.35. The topological polar surface area (TPSA) is 75.6 Å². The van der Waals surface area contributed by atoms with Gasteiger partial charge in [0.05, 0.1) is 0 Å². The number of hydrogen-bond acceptors (Lipinski definition) is 4. The van der Waals surface area contributed by atoms with Crippen LogP contribution in [0.15, 0.2) is 30.3 Å². The number of carbonyl (C=O) groups excluding carboxylic acids is 2. The number of amides is 1. The van der Waals surface area contributed by atoms with Gasteiger partial charge in [0, 0.05) is 6.42 Å². The molecule has 5 heteroatoms. The van der Waals surface area contributed by atoms with E-state index >= 15 is 0 Å². The monoisotopic (exact) mass is 235 g/mol. The van der Waals surface area contributed by atoms with Gasteiger partial charge in [0.25, 0.3) is 0 Å². The van der Waals surface area contributed by atoms with Crippen molar-refractivity contribution in [2.75, 3.05) is 0 Å². The van der Waals surface area contributed by atoms with Crippen LogP contribution in [0.3, 0.4) is 0 Å². The van der Waals surface area contributed by atoms with Gasteiger partial charge in [-0.2, -0.15) is 0 Å². The van der Waals surface area contributed by atoms with E-state index in [0.29, 0.717) is 0 Å². The molecular formula is C12H13NO4. The van der Waals surface area contributed by atoms with Crippen molar-refractivity contribution in [3.8, 4) is 0 Å². The van der Waals surface area contributed by atoms with Gasteiger partial charge in [-0.25, -0.2) is 4.79 Å². The maximum absolute atomic E-state index is 11.6. The molecule has 0 bridgehead atoms. The fourth-order valence-corrected chi connectivity index (χ4v) is 1.64. The molecule has 2 rings (SSSR count). The summed E-state index contributed by atoms with van der Waals surface area (Å²) in [6.07, 6.45) is -1.03. The number of esters is 1. The molecule has 17 heavy (non-hydrogen) atoms. The number of benzene rings is 1. The molecule has 0 spiro atoms. The number of hydrogen-bond donors (Lipinski definition) is 2. The largest absolute Gasteiger partial charge is 0.459 e. The molecule has 1 aliphatic heterocycles. The molecule has 1 amide bonds. The minimum Gasteiger partial charge on any atom is -0.459 e. The van der Waals surface area contributed by atoms with Crippen molar-refractivity contribution in [2.24, 2.45) is 0 Å². The first-order chi connectivity index (χ1) is 8.16. The molecule has 1 aliphatic rings. The summed E-state index contributed by atoms with van der Waals surface area (Å²) >= 11 is 0. The second kappa shape index (κ2) is 4.97. The summed E-state index contributed by atoms with van der Waals surface area (Å²) < 4.78 is 5.04. The van der Waals surface area contributed by atoms with Crippen LogP contribution >= 0.6 is 0 Å². The van der Waals surface area contributed by atoms with E-state index in [1.807, 2.05) is 30.3 Å². The van der Waals surface area contributed by atoms with Crippen molar-refractivity contribution in [3.63, 3.8) is 0 Å². The third-order valence-corrected chi connectivity index (χ3v) is 2.59. The van der Waals surface area contributed by atoms with Gasteiger partial charge in [0.2, 0.25) is 5.91 Å². The number of ether oxygens (including phenoxy) is 1. The normalized spacial score (nSPS) is 23.2. The van der Waals surface area contributed by atoms with Crippen molar-refractivity contribution in [3.05, 3.63) is 35.9 Å².